The normalized spacial score (nSPS) is 48.7. The van der Waals surface area contributed by atoms with E-state index in [0.29, 0.717) is 6.42 Å². The van der Waals surface area contributed by atoms with Crippen molar-refractivity contribution in [3.8, 4) is 0 Å². The van der Waals surface area contributed by atoms with E-state index in [4.69, 9.17) is 0 Å². The monoisotopic (exact) mass is 262 g/mol. The highest BCUT2D eigenvalue weighted by Gasteiger charge is 2.82. The molecule has 0 aromatic heterocycles. The maximum atomic E-state index is 11.3. The van der Waals surface area contributed by atoms with Gasteiger partial charge in [0.25, 0.3) is 0 Å². The Morgan fingerprint density at radius 2 is 2.07 bits per heavy atom. The van der Waals surface area contributed by atoms with Crippen molar-refractivity contribution in [3.05, 3.63) is 0 Å². The minimum atomic E-state index is -0.731. The molecule has 80 valence electrons. The molecule has 0 aromatic carbocycles. The summed E-state index contributed by atoms with van der Waals surface area (Å²) in [5.74, 6) is -0.731. The van der Waals surface area contributed by atoms with Crippen LogP contribution < -0.4 is 0 Å². The summed E-state index contributed by atoms with van der Waals surface area (Å²) in [6.07, 6.45) is 1.48. The van der Waals surface area contributed by atoms with E-state index in [2.05, 4.69) is 15.9 Å². The quantitative estimate of drug-likeness (QED) is 0.744. The molecule has 3 rings (SSSR count). The Hall–Kier alpha value is -0.0900. The fourth-order valence-electron chi connectivity index (χ4n) is 3.61. The first-order valence-electron chi connectivity index (χ1n) is 4.85. The third kappa shape index (κ3) is 0.673. The van der Waals surface area contributed by atoms with Gasteiger partial charge >= 0.3 is 5.97 Å². The standard InChI is InChI=1S/C10H15BrO3/c1-8(2)9(5-12)3-4-10(8,6(9)11)7(13)14/h6,12H,3-5H2,1-2H3,(H,13,14)/t6-,9-,10+/m0/s1. The number of carbonyl (C=O) groups is 1. The van der Waals surface area contributed by atoms with E-state index in [-0.39, 0.29) is 22.3 Å². The van der Waals surface area contributed by atoms with Gasteiger partial charge in [0, 0.05) is 10.2 Å². The van der Waals surface area contributed by atoms with Crippen LogP contribution in [0.15, 0.2) is 0 Å². The van der Waals surface area contributed by atoms with Gasteiger partial charge in [0.1, 0.15) is 0 Å². The number of fused-ring (bicyclic) bond motifs is 1. The summed E-state index contributed by atoms with van der Waals surface area (Å²) < 4.78 is 0. The van der Waals surface area contributed by atoms with E-state index in [1.54, 1.807) is 0 Å². The van der Waals surface area contributed by atoms with Crippen molar-refractivity contribution >= 4 is 21.9 Å². The number of hydrogen-bond acceptors (Lipinski definition) is 2. The maximum absolute atomic E-state index is 11.3. The lowest BCUT2D eigenvalue weighted by Gasteiger charge is -2.63. The SMILES string of the molecule is CC1(C)[C@]2(CO)CC[C@]1(C(=O)O)[C@H]2Br. The Labute approximate surface area is 91.6 Å². The molecule has 2 bridgehead atoms. The van der Waals surface area contributed by atoms with Crippen LogP contribution in [-0.4, -0.2) is 27.6 Å². The number of aliphatic hydroxyl groups excluding tert-OH is 1. The van der Waals surface area contributed by atoms with Crippen LogP contribution in [-0.2, 0) is 4.79 Å². The molecule has 3 fully saturated rings. The lowest BCUT2D eigenvalue weighted by molar-refractivity contribution is -0.188. The van der Waals surface area contributed by atoms with Crippen LogP contribution in [0.25, 0.3) is 0 Å². The van der Waals surface area contributed by atoms with Gasteiger partial charge < -0.3 is 10.2 Å². The van der Waals surface area contributed by atoms with E-state index in [0.717, 1.165) is 6.42 Å². The Kier molecular flexibility index (Phi) is 1.88. The molecule has 3 aliphatic carbocycles. The molecule has 14 heavy (non-hydrogen) atoms. The van der Waals surface area contributed by atoms with Crippen molar-refractivity contribution in [1.29, 1.82) is 0 Å². The molecule has 3 atom stereocenters. The van der Waals surface area contributed by atoms with Crippen molar-refractivity contribution in [3.63, 3.8) is 0 Å². The van der Waals surface area contributed by atoms with Crippen molar-refractivity contribution in [2.45, 2.75) is 31.5 Å². The molecule has 0 unspecified atom stereocenters. The van der Waals surface area contributed by atoms with Crippen LogP contribution in [0, 0.1) is 16.2 Å². The fraction of sp³-hybridized carbons (Fsp3) is 0.900. The predicted octanol–water partition coefficient (Wildman–Crippen LogP) is 1.63. The van der Waals surface area contributed by atoms with Crippen LogP contribution in [0.2, 0.25) is 0 Å². The molecule has 0 aliphatic heterocycles. The highest BCUT2D eigenvalue weighted by atomic mass is 79.9. The average Bonchev–Trinajstić information content (AvgIpc) is 2.53. The van der Waals surface area contributed by atoms with E-state index in [1.165, 1.54) is 0 Å². The van der Waals surface area contributed by atoms with Crippen LogP contribution in [0.5, 0.6) is 0 Å². The van der Waals surface area contributed by atoms with Crippen molar-refractivity contribution in [1.82, 2.24) is 0 Å². The van der Waals surface area contributed by atoms with Gasteiger partial charge in [-0.1, -0.05) is 29.8 Å². The summed E-state index contributed by atoms with van der Waals surface area (Å²) in [5.41, 5.74) is -1.21. The maximum Gasteiger partial charge on any atom is 0.311 e. The Bertz CT molecular complexity index is 302. The van der Waals surface area contributed by atoms with Gasteiger partial charge in [-0.15, -0.1) is 0 Å². The van der Waals surface area contributed by atoms with Crippen molar-refractivity contribution < 1.29 is 15.0 Å². The first kappa shape index (κ1) is 10.4. The number of carboxylic acid groups (broad SMARTS) is 1. The molecule has 0 amide bonds. The van der Waals surface area contributed by atoms with Crippen LogP contribution in [0.1, 0.15) is 26.7 Å². The Balaban J connectivity index is 2.48. The molecule has 0 spiro atoms. The van der Waals surface area contributed by atoms with Crippen LogP contribution in [0.3, 0.4) is 0 Å². The largest absolute Gasteiger partial charge is 0.481 e. The van der Waals surface area contributed by atoms with Gasteiger partial charge in [0.15, 0.2) is 0 Å². The predicted molar refractivity (Wildman–Crippen MR) is 55.3 cm³/mol. The second-order valence-electron chi connectivity index (χ2n) is 5.08. The lowest BCUT2D eigenvalue weighted by atomic mass is 9.43. The number of aliphatic carboxylic acids is 1. The van der Waals surface area contributed by atoms with Gasteiger partial charge in [0.2, 0.25) is 0 Å². The minimum absolute atomic E-state index is 0.0744. The van der Waals surface area contributed by atoms with Gasteiger partial charge in [-0.3, -0.25) is 4.79 Å². The molecule has 3 saturated carbocycles. The minimum Gasteiger partial charge on any atom is -0.481 e. The molecule has 3 nitrogen and oxygen atoms in total. The third-order valence-corrected chi connectivity index (χ3v) is 6.57. The molecule has 0 saturated heterocycles. The van der Waals surface area contributed by atoms with Crippen LogP contribution in [0.4, 0.5) is 0 Å². The Morgan fingerprint density at radius 3 is 2.29 bits per heavy atom. The van der Waals surface area contributed by atoms with Gasteiger partial charge in [-0.25, -0.2) is 0 Å². The molecule has 4 heteroatoms. The first-order valence-corrected chi connectivity index (χ1v) is 5.77. The highest BCUT2D eigenvalue weighted by Crippen LogP contribution is 2.79. The summed E-state index contributed by atoms with van der Waals surface area (Å²) in [4.78, 5) is 11.3. The number of halogens is 1. The van der Waals surface area contributed by atoms with E-state index in [1.807, 2.05) is 13.8 Å². The van der Waals surface area contributed by atoms with Crippen molar-refractivity contribution in [2.24, 2.45) is 16.2 Å². The van der Waals surface area contributed by atoms with E-state index >= 15 is 0 Å². The zero-order valence-corrected chi connectivity index (χ0v) is 9.97. The number of rotatable bonds is 2. The smallest absolute Gasteiger partial charge is 0.311 e. The third-order valence-electron chi connectivity index (χ3n) is 4.91. The van der Waals surface area contributed by atoms with Crippen molar-refractivity contribution in [2.75, 3.05) is 6.61 Å². The van der Waals surface area contributed by atoms with E-state index in [9.17, 15) is 15.0 Å². The van der Waals surface area contributed by atoms with Gasteiger partial charge in [-0.05, 0) is 18.3 Å². The molecule has 0 radical (unpaired) electrons. The molecule has 3 aliphatic rings. The lowest BCUT2D eigenvalue weighted by Crippen LogP contribution is -2.69. The highest BCUT2D eigenvalue weighted by molar-refractivity contribution is 9.09. The van der Waals surface area contributed by atoms with Gasteiger partial charge in [-0.2, -0.15) is 0 Å². The summed E-state index contributed by atoms with van der Waals surface area (Å²) in [7, 11) is 0. The number of hydrogen-bond donors (Lipinski definition) is 2. The topological polar surface area (TPSA) is 57.5 Å². The van der Waals surface area contributed by atoms with Gasteiger partial charge in [0.05, 0.1) is 12.0 Å². The summed E-state index contributed by atoms with van der Waals surface area (Å²) in [6.45, 7) is 4.00. The summed E-state index contributed by atoms with van der Waals surface area (Å²) in [5, 5.41) is 18.8. The molecular formula is C10H15BrO3. The number of alkyl halides is 1. The van der Waals surface area contributed by atoms with Crippen LogP contribution >= 0.6 is 15.9 Å². The second-order valence-corrected chi connectivity index (χ2v) is 5.99. The second kappa shape index (κ2) is 2.53. The summed E-state index contributed by atoms with van der Waals surface area (Å²) >= 11 is 3.46. The fourth-order valence-corrected chi connectivity index (χ4v) is 5.55. The number of aliphatic hydroxyl groups is 1. The molecular weight excluding hydrogens is 248 g/mol. The first-order chi connectivity index (χ1) is 6.37. The molecule has 2 N–H and O–H groups in total. The zero-order valence-electron chi connectivity index (χ0n) is 8.38. The number of carboxylic acids is 1. The zero-order chi connectivity index (χ0) is 10.8. The summed E-state index contributed by atoms with van der Waals surface area (Å²) in [6, 6.07) is 0. The molecule has 0 aromatic rings. The average molecular weight is 263 g/mol. The van der Waals surface area contributed by atoms with E-state index < -0.39 is 11.4 Å². The Morgan fingerprint density at radius 1 is 1.50 bits per heavy atom. The molecule has 0 heterocycles.